The first-order valence-electron chi connectivity index (χ1n) is 9.08. The lowest BCUT2D eigenvalue weighted by Gasteiger charge is -2.18. The Hall–Kier alpha value is -2.12. The average molecular weight is 398 g/mol. The molecule has 0 atom stereocenters. The molecule has 2 rings (SSSR count). The topological polar surface area (TPSA) is 90.0 Å². The van der Waals surface area contributed by atoms with Crippen LogP contribution in [0.1, 0.15) is 42.1 Å². The van der Waals surface area contributed by atoms with Crippen LogP contribution < -0.4 is 5.32 Å². The largest absolute Gasteiger partial charge is 0.480 e. The van der Waals surface area contributed by atoms with Crippen molar-refractivity contribution >= 4 is 30.2 Å². The third-order valence-electron chi connectivity index (χ3n) is 4.35. The van der Waals surface area contributed by atoms with Gasteiger partial charge < -0.3 is 15.3 Å². The molecule has 7 nitrogen and oxygen atoms in total. The zero-order chi connectivity index (χ0) is 18.9. The van der Waals surface area contributed by atoms with Crippen LogP contribution in [-0.4, -0.2) is 65.4 Å². The van der Waals surface area contributed by atoms with Gasteiger partial charge in [0, 0.05) is 25.2 Å². The smallest absolute Gasteiger partial charge is 0.317 e. The average Bonchev–Trinajstić information content (AvgIpc) is 3.14. The van der Waals surface area contributed by atoms with Crippen molar-refractivity contribution in [3.8, 4) is 0 Å². The highest BCUT2D eigenvalue weighted by Gasteiger charge is 2.19. The van der Waals surface area contributed by atoms with Gasteiger partial charge in [0.1, 0.15) is 0 Å². The van der Waals surface area contributed by atoms with Crippen molar-refractivity contribution < 1.29 is 19.5 Å². The van der Waals surface area contributed by atoms with E-state index in [1.54, 1.807) is 17.0 Å². The minimum atomic E-state index is -0.940. The van der Waals surface area contributed by atoms with E-state index in [2.05, 4.69) is 5.32 Å². The molecule has 0 spiro atoms. The van der Waals surface area contributed by atoms with Crippen LogP contribution in [0.2, 0.25) is 0 Å². The number of hydrogen-bond donors (Lipinski definition) is 2. The summed E-state index contributed by atoms with van der Waals surface area (Å²) in [6, 6.07) is 7.25. The van der Waals surface area contributed by atoms with Gasteiger partial charge in [-0.3, -0.25) is 19.3 Å². The van der Waals surface area contributed by atoms with Gasteiger partial charge >= 0.3 is 5.97 Å². The van der Waals surface area contributed by atoms with E-state index in [9.17, 15) is 14.4 Å². The molecule has 1 fully saturated rings. The van der Waals surface area contributed by atoms with Gasteiger partial charge in [0.15, 0.2) is 0 Å². The fraction of sp³-hybridized carbons (Fsp3) is 0.526. The highest BCUT2D eigenvalue weighted by Crippen LogP contribution is 2.13. The van der Waals surface area contributed by atoms with Gasteiger partial charge in [0.05, 0.1) is 13.1 Å². The first kappa shape index (κ1) is 22.9. The SMILES string of the molecule is CCCN(CC(=O)O)CC(=O)NCc1ccc(C(=O)N2CCCC2)cc1.Cl. The quantitative estimate of drug-likeness (QED) is 0.662. The second-order valence-corrected chi connectivity index (χ2v) is 6.58. The Morgan fingerprint density at radius 2 is 1.74 bits per heavy atom. The van der Waals surface area contributed by atoms with Gasteiger partial charge in [-0.25, -0.2) is 0 Å². The number of likely N-dealkylation sites (tertiary alicyclic amines) is 1. The van der Waals surface area contributed by atoms with Gasteiger partial charge in [-0.05, 0) is 43.5 Å². The van der Waals surface area contributed by atoms with Gasteiger partial charge in [0.25, 0.3) is 5.91 Å². The second-order valence-electron chi connectivity index (χ2n) is 6.58. The Balaban J connectivity index is 0.00000364. The Bertz CT molecular complexity index is 630. The number of carbonyl (C=O) groups is 3. The predicted octanol–water partition coefficient (Wildman–Crippen LogP) is 1.76. The molecular formula is C19H28ClN3O4. The summed E-state index contributed by atoms with van der Waals surface area (Å²) in [5.41, 5.74) is 1.56. The number of amides is 2. The summed E-state index contributed by atoms with van der Waals surface area (Å²) in [5.74, 6) is -1.09. The van der Waals surface area contributed by atoms with E-state index in [4.69, 9.17) is 5.11 Å². The van der Waals surface area contributed by atoms with E-state index in [-0.39, 0.29) is 37.3 Å². The van der Waals surface area contributed by atoms with Crippen molar-refractivity contribution in [2.75, 3.05) is 32.7 Å². The molecule has 1 saturated heterocycles. The van der Waals surface area contributed by atoms with Crippen LogP contribution >= 0.6 is 12.4 Å². The summed E-state index contributed by atoms with van der Waals surface area (Å²) >= 11 is 0. The number of nitrogens with zero attached hydrogens (tertiary/aromatic N) is 2. The maximum atomic E-state index is 12.3. The molecule has 1 aromatic carbocycles. The van der Waals surface area contributed by atoms with Crippen LogP contribution in [0.5, 0.6) is 0 Å². The van der Waals surface area contributed by atoms with Crippen LogP contribution in [0.3, 0.4) is 0 Å². The number of carboxylic acids is 1. The normalized spacial score (nSPS) is 13.3. The van der Waals surface area contributed by atoms with Crippen LogP contribution in [0.4, 0.5) is 0 Å². The van der Waals surface area contributed by atoms with E-state index < -0.39 is 5.97 Å². The Labute approximate surface area is 166 Å². The maximum absolute atomic E-state index is 12.3. The second kappa shape index (κ2) is 11.6. The lowest BCUT2D eigenvalue weighted by Crippen LogP contribution is -2.40. The molecule has 1 aliphatic rings. The molecular weight excluding hydrogens is 370 g/mol. The molecule has 0 aliphatic carbocycles. The summed E-state index contributed by atoms with van der Waals surface area (Å²) in [6.45, 7) is 4.41. The highest BCUT2D eigenvalue weighted by atomic mass is 35.5. The van der Waals surface area contributed by atoms with Crippen molar-refractivity contribution in [2.45, 2.75) is 32.7 Å². The summed E-state index contributed by atoms with van der Waals surface area (Å²) in [7, 11) is 0. The molecule has 8 heteroatoms. The van der Waals surface area contributed by atoms with Gasteiger partial charge in [-0.1, -0.05) is 19.1 Å². The van der Waals surface area contributed by atoms with Crippen LogP contribution in [0.25, 0.3) is 0 Å². The maximum Gasteiger partial charge on any atom is 0.317 e. The number of rotatable bonds is 9. The Morgan fingerprint density at radius 1 is 1.11 bits per heavy atom. The minimum absolute atomic E-state index is 0. The molecule has 2 amide bonds. The number of hydrogen-bond acceptors (Lipinski definition) is 4. The molecule has 150 valence electrons. The molecule has 0 radical (unpaired) electrons. The highest BCUT2D eigenvalue weighted by molar-refractivity contribution is 5.94. The van der Waals surface area contributed by atoms with E-state index in [0.717, 1.165) is 37.9 Å². The molecule has 1 aliphatic heterocycles. The van der Waals surface area contributed by atoms with E-state index in [1.165, 1.54) is 0 Å². The molecule has 2 N–H and O–H groups in total. The standard InChI is InChI=1S/C19H27N3O4.ClH/c1-2-9-21(14-18(24)25)13-17(23)20-12-15-5-7-16(8-6-15)19(26)22-10-3-4-11-22;/h5-8H,2-4,9-14H2,1H3,(H,20,23)(H,24,25);1H. The van der Waals surface area contributed by atoms with Gasteiger partial charge in [-0.15, -0.1) is 12.4 Å². The number of aliphatic carboxylic acids is 1. The zero-order valence-corrected chi connectivity index (χ0v) is 16.5. The number of carbonyl (C=O) groups excluding carboxylic acids is 2. The van der Waals surface area contributed by atoms with Crippen molar-refractivity contribution in [1.29, 1.82) is 0 Å². The van der Waals surface area contributed by atoms with Crippen LogP contribution in [0, 0.1) is 0 Å². The molecule has 1 aromatic rings. The predicted molar refractivity (Wildman–Crippen MR) is 105 cm³/mol. The lowest BCUT2D eigenvalue weighted by atomic mass is 10.1. The van der Waals surface area contributed by atoms with Crippen molar-refractivity contribution in [3.05, 3.63) is 35.4 Å². The third-order valence-corrected chi connectivity index (χ3v) is 4.35. The number of nitrogens with one attached hydrogen (secondary N) is 1. The fourth-order valence-electron chi connectivity index (χ4n) is 3.05. The summed E-state index contributed by atoms with van der Waals surface area (Å²) < 4.78 is 0. The van der Waals surface area contributed by atoms with Crippen molar-refractivity contribution in [2.24, 2.45) is 0 Å². The first-order chi connectivity index (χ1) is 12.5. The minimum Gasteiger partial charge on any atom is -0.480 e. The van der Waals surface area contributed by atoms with E-state index >= 15 is 0 Å². The molecule has 0 aromatic heterocycles. The van der Waals surface area contributed by atoms with Crippen LogP contribution in [0.15, 0.2) is 24.3 Å². The Morgan fingerprint density at radius 3 is 2.30 bits per heavy atom. The van der Waals surface area contributed by atoms with Gasteiger partial charge in [-0.2, -0.15) is 0 Å². The molecule has 27 heavy (non-hydrogen) atoms. The molecule has 0 unspecified atom stereocenters. The summed E-state index contributed by atoms with van der Waals surface area (Å²) in [6.07, 6.45) is 2.91. The number of benzene rings is 1. The lowest BCUT2D eigenvalue weighted by molar-refractivity contribution is -0.138. The summed E-state index contributed by atoms with van der Waals surface area (Å²) in [5, 5.41) is 11.7. The van der Waals surface area contributed by atoms with Crippen LogP contribution in [-0.2, 0) is 16.1 Å². The van der Waals surface area contributed by atoms with Gasteiger partial charge in [0.2, 0.25) is 5.91 Å². The summed E-state index contributed by atoms with van der Waals surface area (Å²) in [4.78, 5) is 38.6. The third kappa shape index (κ3) is 7.56. The molecule has 0 bridgehead atoms. The fourth-order valence-corrected chi connectivity index (χ4v) is 3.05. The van der Waals surface area contributed by atoms with E-state index in [1.807, 2.05) is 24.0 Å². The molecule has 1 heterocycles. The number of carboxylic acid groups (broad SMARTS) is 1. The zero-order valence-electron chi connectivity index (χ0n) is 15.6. The molecule has 0 saturated carbocycles. The number of halogens is 1. The Kier molecular flexibility index (Phi) is 9.82. The van der Waals surface area contributed by atoms with E-state index in [0.29, 0.717) is 18.7 Å². The van der Waals surface area contributed by atoms with Crippen molar-refractivity contribution in [1.82, 2.24) is 15.1 Å². The first-order valence-corrected chi connectivity index (χ1v) is 9.08. The van der Waals surface area contributed by atoms with Crippen molar-refractivity contribution in [3.63, 3.8) is 0 Å². The monoisotopic (exact) mass is 397 g/mol.